The highest BCUT2D eigenvalue weighted by Crippen LogP contribution is 2.27. The lowest BCUT2D eigenvalue weighted by atomic mass is 10.1. The van der Waals surface area contributed by atoms with Crippen molar-refractivity contribution in [1.29, 1.82) is 0 Å². The van der Waals surface area contributed by atoms with Crippen LogP contribution in [0.5, 0.6) is 0 Å². The number of hydrogen-bond acceptors (Lipinski definition) is 5. The van der Waals surface area contributed by atoms with Crippen molar-refractivity contribution < 1.29 is 9.59 Å². The smallest absolute Gasteiger partial charge is 0.275 e. The van der Waals surface area contributed by atoms with Gasteiger partial charge in [0.1, 0.15) is 11.5 Å². The molecule has 0 fully saturated rings. The van der Waals surface area contributed by atoms with Gasteiger partial charge >= 0.3 is 0 Å². The summed E-state index contributed by atoms with van der Waals surface area (Å²) >= 11 is 6.23. The number of ketones is 1. The van der Waals surface area contributed by atoms with Crippen molar-refractivity contribution in [3.8, 4) is 0 Å². The minimum Gasteiger partial charge on any atom is -0.339 e. The van der Waals surface area contributed by atoms with E-state index in [0.717, 1.165) is 11.1 Å². The third-order valence-electron chi connectivity index (χ3n) is 4.10. The summed E-state index contributed by atoms with van der Waals surface area (Å²) in [5.41, 5.74) is 3.92. The van der Waals surface area contributed by atoms with Crippen LogP contribution in [0.25, 0.3) is 0 Å². The molecule has 0 bridgehead atoms. The third-order valence-corrected chi connectivity index (χ3v) is 4.39. The van der Waals surface area contributed by atoms with Crippen molar-refractivity contribution in [3.63, 3.8) is 0 Å². The lowest BCUT2D eigenvalue weighted by Gasteiger charge is -2.11. The topological polar surface area (TPSA) is 84.0 Å². The molecule has 1 heterocycles. The molecule has 0 aliphatic rings. The number of aryl methyl sites for hydroxylation is 2. The number of carbonyl (C=O) groups is 2. The minimum absolute atomic E-state index is 0.0215. The summed E-state index contributed by atoms with van der Waals surface area (Å²) in [4.78, 5) is 32.3. The summed E-state index contributed by atoms with van der Waals surface area (Å²) in [6.45, 7) is 5.32. The first-order valence-electron chi connectivity index (χ1n) is 8.61. The fourth-order valence-corrected chi connectivity index (χ4v) is 3.09. The summed E-state index contributed by atoms with van der Waals surface area (Å²) in [7, 11) is 0. The molecule has 0 aliphatic carbocycles. The quantitative estimate of drug-likeness (QED) is 0.598. The molecule has 1 aromatic heterocycles. The second-order valence-corrected chi connectivity index (χ2v) is 6.85. The molecular weight excluding hydrogens is 376 g/mol. The van der Waals surface area contributed by atoms with E-state index >= 15 is 0 Å². The molecule has 3 aromatic rings. The number of rotatable bonds is 5. The predicted molar refractivity (Wildman–Crippen MR) is 111 cm³/mol. The van der Waals surface area contributed by atoms with E-state index in [0.29, 0.717) is 27.8 Å². The van der Waals surface area contributed by atoms with Crippen molar-refractivity contribution in [3.05, 3.63) is 76.2 Å². The van der Waals surface area contributed by atoms with E-state index in [9.17, 15) is 9.59 Å². The Hall–Kier alpha value is -3.25. The fourth-order valence-electron chi connectivity index (χ4n) is 2.73. The molecule has 142 valence electrons. The van der Waals surface area contributed by atoms with Gasteiger partial charge in [-0.3, -0.25) is 9.59 Å². The van der Waals surface area contributed by atoms with Gasteiger partial charge in [-0.05, 0) is 50.1 Å². The summed E-state index contributed by atoms with van der Waals surface area (Å²) in [6, 6.07) is 10.8. The van der Waals surface area contributed by atoms with Crippen molar-refractivity contribution in [1.82, 2.24) is 9.97 Å². The van der Waals surface area contributed by atoms with Gasteiger partial charge in [-0.25, -0.2) is 9.97 Å². The highest BCUT2D eigenvalue weighted by atomic mass is 35.5. The van der Waals surface area contributed by atoms with Gasteiger partial charge in [-0.2, -0.15) is 0 Å². The van der Waals surface area contributed by atoms with E-state index in [1.54, 1.807) is 24.3 Å². The van der Waals surface area contributed by atoms with Gasteiger partial charge in [0.15, 0.2) is 5.78 Å². The lowest BCUT2D eigenvalue weighted by molar-refractivity contribution is 0.101. The molecule has 0 saturated carbocycles. The Labute approximate surface area is 168 Å². The number of nitrogens with zero attached hydrogens (tertiary/aromatic N) is 2. The molecule has 0 aliphatic heterocycles. The number of aromatic nitrogens is 2. The molecule has 0 radical (unpaired) electrons. The van der Waals surface area contributed by atoms with E-state index in [2.05, 4.69) is 20.6 Å². The maximum Gasteiger partial charge on any atom is 0.275 e. The Morgan fingerprint density at radius 1 is 1.04 bits per heavy atom. The number of nitrogens with one attached hydrogen (secondary N) is 2. The van der Waals surface area contributed by atoms with E-state index in [1.165, 1.54) is 19.3 Å². The number of benzene rings is 2. The Morgan fingerprint density at radius 3 is 2.46 bits per heavy atom. The SMILES string of the molecule is CC(=O)c1cccc(Nc2cnc(C(=O)Nc3c(C)cc(C)cc3Cl)cn2)c1. The molecule has 2 aromatic carbocycles. The van der Waals surface area contributed by atoms with E-state index in [-0.39, 0.29) is 11.5 Å². The second kappa shape index (κ2) is 8.19. The van der Waals surface area contributed by atoms with Gasteiger partial charge in [0.25, 0.3) is 5.91 Å². The van der Waals surface area contributed by atoms with Gasteiger partial charge in [0, 0.05) is 11.3 Å². The molecule has 6 nitrogen and oxygen atoms in total. The van der Waals surface area contributed by atoms with Gasteiger partial charge in [-0.15, -0.1) is 0 Å². The number of anilines is 3. The van der Waals surface area contributed by atoms with Crippen LogP contribution >= 0.6 is 11.6 Å². The highest BCUT2D eigenvalue weighted by molar-refractivity contribution is 6.34. The van der Waals surface area contributed by atoms with Crippen molar-refractivity contribution in [2.24, 2.45) is 0 Å². The average Bonchev–Trinajstić information content (AvgIpc) is 2.65. The molecule has 0 spiro atoms. The lowest BCUT2D eigenvalue weighted by Crippen LogP contribution is -2.15. The van der Waals surface area contributed by atoms with Crippen LogP contribution in [0, 0.1) is 13.8 Å². The molecule has 0 atom stereocenters. The molecular formula is C21H19ClN4O2. The van der Waals surface area contributed by atoms with Crippen LogP contribution in [0.4, 0.5) is 17.2 Å². The monoisotopic (exact) mass is 394 g/mol. The van der Waals surface area contributed by atoms with Crippen LogP contribution in [0.3, 0.4) is 0 Å². The van der Waals surface area contributed by atoms with Crippen LogP contribution in [0.1, 0.15) is 38.9 Å². The van der Waals surface area contributed by atoms with Crippen LogP contribution in [-0.4, -0.2) is 21.7 Å². The predicted octanol–water partition coefficient (Wildman–Crippen LogP) is 4.95. The third kappa shape index (κ3) is 4.53. The zero-order valence-electron chi connectivity index (χ0n) is 15.7. The Bertz CT molecular complexity index is 1030. The minimum atomic E-state index is -0.397. The van der Waals surface area contributed by atoms with Gasteiger partial charge < -0.3 is 10.6 Å². The first kappa shape index (κ1) is 19.5. The number of Topliss-reactive ketones (excluding diaryl/α,β-unsaturated/α-hetero) is 1. The largest absolute Gasteiger partial charge is 0.339 e. The normalized spacial score (nSPS) is 10.4. The number of amides is 1. The van der Waals surface area contributed by atoms with Gasteiger partial charge in [0.05, 0.1) is 23.1 Å². The van der Waals surface area contributed by atoms with E-state index in [1.807, 2.05) is 26.0 Å². The Balaban J connectivity index is 1.73. The van der Waals surface area contributed by atoms with Gasteiger partial charge in [-0.1, -0.05) is 29.8 Å². The zero-order chi connectivity index (χ0) is 20.3. The average molecular weight is 395 g/mol. The van der Waals surface area contributed by atoms with E-state index in [4.69, 9.17) is 11.6 Å². The number of carbonyl (C=O) groups excluding carboxylic acids is 2. The first-order chi connectivity index (χ1) is 13.3. The molecule has 28 heavy (non-hydrogen) atoms. The Morgan fingerprint density at radius 2 is 1.82 bits per heavy atom. The maximum absolute atomic E-state index is 12.5. The van der Waals surface area contributed by atoms with Crippen molar-refractivity contribution >= 4 is 40.5 Å². The first-order valence-corrected chi connectivity index (χ1v) is 8.99. The summed E-state index contributed by atoms with van der Waals surface area (Å²) in [5.74, 6) is 0.0418. The molecule has 0 saturated heterocycles. The molecule has 1 amide bonds. The fraction of sp³-hybridized carbons (Fsp3) is 0.143. The maximum atomic E-state index is 12.5. The number of halogens is 1. The van der Waals surface area contributed by atoms with Crippen LogP contribution in [0.15, 0.2) is 48.8 Å². The second-order valence-electron chi connectivity index (χ2n) is 6.44. The van der Waals surface area contributed by atoms with E-state index < -0.39 is 5.91 Å². The Kier molecular flexibility index (Phi) is 5.70. The summed E-state index contributed by atoms with van der Waals surface area (Å²) in [6.07, 6.45) is 2.84. The number of hydrogen-bond donors (Lipinski definition) is 2. The van der Waals surface area contributed by atoms with Crippen LogP contribution in [0.2, 0.25) is 5.02 Å². The van der Waals surface area contributed by atoms with Crippen molar-refractivity contribution in [2.45, 2.75) is 20.8 Å². The summed E-state index contributed by atoms with van der Waals surface area (Å²) in [5, 5.41) is 6.32. The van der Waals surface area contributed by atoms with Gasteiger partial charge in [0.2, 0.25) is 0 Å². The molecule has 3 rings (SSSR count). The van der Waals surface area contributed by atoms with Crippen molar-refractivity contribution in [2.75, 3.05) is 10.6 Å². The summed E-state index contributed by atoms with van der Waals surface area (Å²) < 4.78 is 0. The highest BCUT2D eigenvalue weighted by Gasteiger charge is 2.13. The van der Waals surface area contributed by atoms with Crippen LogP contribution < -0.4 is 10.6 Å². The standard InChI is InChI=1S/C21H19ClN4O2/c1-12-7-13(2)20(17(22)8-12)26-21(28)18-10-24-19(11-23-18)25-16-6-4-5-15(9-16)14(3)27/h4-11H,1-3H3,(H,24,25)(H,26,28). The molecule has 2 N–H and O–H groups in total. The van der Waals surface area contributed by atoms with Crippen LogP contribution in [-0.2, 0) is 0 Å². The molecule has 7 heteroatoms. The molecule has 0 unspecified atom stereocenters. The zero-order valence-corrected chi connectivity index (χ0v) is 16.5.